The minimum Gasteiger partial charge on any atom is -0.493 e. The lowest BCUT2D eigenvalue weighted by atomic mass is 10.2. The normalized spacial score (nSPS) is 11.4. The Kier molecular flexibility index (Phi) is 6.94. The first kappa shape index (κ1) is 18.4. The Hall–Kier alpha value is -2.68. The molecule has 0 aromatic carbocycles. The molecule has 0 radical (unpaired) electrons. The van der Waals surface area contributed by atoms with Gasteiger partial charge in [0.2, 0.25) is 5.75 Å². The highest BCUT2D eigenvalue weighted by Gasteiger charge is 2.24. The number of esters is 1. The molecule has 9 nitrogen and oxygen atoms in total. The van der Waals surface area contributed by atoms with Crippen LogP contribution in [0.4, 0.5) is 0 Å². The number of carboxylic acids is 1. The molecule has 1 unspecified atom stereocenters. The summed E-state index contributed by atoms with van der Waals surface area (Å²) in [4.78, 5) is 38.5. The molecule has 1 amide bonds. The molecule has 0 spiro atoms. The number of carbonyl (C=O) groups is 3. The fourth-order valence-electron chi connectivity index (χ4n) is 1.53. The van der Waals surface area contributed by atoms with Crippen molar-refractivity contribution in [2.75, 3.05) is 20.8 Å². The predicted molar refractivity (Wildman–Crippen MR) is 77.5 cm³/mol. The fraction of sp³-hybridized carbons (Fsp3) is 0.429. The molecule has 126 valence electrons. The van der Waals surface area contributed by atoms with E-state index in [1.54, 1.807) is 0 Å². The van der Waals surface area contributed by atoms with Gasteiger partial charge in [-0.05, 0) is 6.92 Å². The summed E-state index contributed by atoms with van der Waals surface area (Å²) < 4.78 is 14.9. The van der Waals surface area contributed by atoms with Crippen LogP contribution in [0.5, 0.6) is 11.5 Å². The highest BCUT2D eigenvalue weighted by molar-refractivity contribution is 5.98. The second kappa shape index (κ2) is 8.69. The summed E-state index contributed by atoms with van der Waals surface area (Å²) in [6, 6.07) is 0.281. The van der Waals surface area contributed by atoms with Crippen LogP contribution in [0.15, 0.2) is 12.3 Å². The molecule has 0 bridgehead atoms. The quantitative estimate of drug-likeness (QED) is 0.651. The molecule has 0 aliphatic carbocycles. The summed E-state index contributed by atoms with van der Waals surface area (Å²) in [5, 5.41) is 11.1. The third kappa shape index (κ3) is 5.22. The number of nitrogens with one attached hydrogen (secondary N) is 1. The van der Waals surface area contributed by atoms with E-state index >= 15 is 0 Å². The van der Waals surface area contributed by atoms with Crippen molar-refractivity contribution in [2.24, 2.45) is 0 Å². The number of rotatable bonds is 8. The molecule has 0 aliphatic rings. The summed E-state index contributed by atoms with van der Waals surface area (Å²) in [6.07, 6.45) is 1.26. The first-order valence-electron chi connectivity index (χ1n) is 6.67. The van der Waals surface area contributed by atoms with Gasteiger partial charge in [-0.15, -0.1) is 0 Å². The van der Waals surface area contributed by atoms with Crippen LogP contribution in [0, 0.1) is 0 Å². The topological polar surface area (TPSA) is 124 Å². The zero-order valence-corrected chi connectivity index (χ0v) is 13.0. The molecule has 0 saturated heterocycles. The first-order chi connectivity index (χ1) is 10.9. The molecule has 9 heteroatoms. The molecule has 23 heavy (non-hydrogen) atoms. The maximum Gasteiger partial charge on any atom is 0.325 e. The summed E-state index contributed by atoms with van der Waals surface area (Å²) in [5.41, 5.74) is -0.247. The molecule has 1 aromatic rings. The molecular weight excluding hydrogens is 308 g/mol. The van der Waals surface area contributed by atoms with Crippen molar-refractivity contribution in [1.29, 1.82) is 0 Å². The van der Waals surface area contributed by atoms with Crippen LogP contribution in [0.3, 0.4) is 0 Å². The number of hydrogen-bond donors (Lipinski definition) is 2. The minimum atomic E-state index is -1.21. The third-order valence-corrected chi connectivity index (χ3v) is 2.75. The van der Waals surface area contributed by atoms with Crippen molar-refractivity contribution in [3.05, 3.63) is 18.0 Å². The van der Waals surface area contributed by atoms with Crippen LogP contribution < -0.4 is 14.8 Å². The van der Waals surface area contributed by atoms with Crippen LogP contribution in [0.2, 0.25) is 0 Å². The van der Waals surface area contributed by atoms with Gasteiger partial charge in [0.1, 0.15) is 6.04 Å². The Balaban J connectivity index is 3.04. The Bertz CT molecular complexity index is 588. The van der Waals surface area contributed by atoms with Crippen LogP contribution in [-0.4, -0.2) is 54.8 Å². The second-order valence-corrected chi connectivity index (χ2v) is 4.44. The third-order valence-electron chi connectivity index (χ3n) is 2.75. The van der Waals surface area contributed by atoms with Gasteiger partial charge in [-0.25, -0.2) is 4.98 Å². The first-order valence-corrected chi connectivity index (χ1v) is 6.67. The highest BCUT2D eigenvalue weighted by atomic mass is 16.6. The average Bonchev–Trinajstić information content (AvgIpc) is 2.52. The van der Waals surface area contributed by atoms with Gasteiger partial charge in [0, 0.05) is 19.4 Å². The molecule has 1 aromatic heterocycles. The number of hydrogen-bond acceptors (Lipinski definition) is 7. The van der Waals surface area contributed by atoms with Gasteiger partial charge in [-0.1, -0.05) is 0 Å². The van der Waals surface area contributed by atoms with E-state index in [9.17, 15) is 14.4 Å². The van der Waals surface area contributed by atoms with Crippen molar-refractivity contribution in [3.8, 4) is 11.5 Å². The molecule has 1 heterocycles. The Morgan fingerprint density at radius 3 is 2.61 bits per heavy atom. The molecule has 2 N–H and O–H groups in total. The predicted octanol–water partition coefficient (Wildman–Crippen LogP) is 0.235. The van der Waals surface area contributed by atoms with E-state index in [2.05, 4.69) is 10.3 Å². The van der Waals surface area contributed by atoms with Gasteiger partial charge in [0.15, 0.2) is 11.4 Å². The van der Waals surface area contributed by atoms with E-state index in [4.69, 9.17) is 19.3 Å². The van der Waals surface area contributed by atoms with E-state index in [0.29, 0.717) is 0 Å². The number of amides is 1. The van der Waals surface area contributed by atoms with Crippen molar-refractivity contribution in [1.82, 2.24) is 10.3 Å². The van der Waals surface area contributed by atoms with E-state index in [-0.39, 0.29) is 30.2 Å². The summed E-state index contributed by atoms with van der Waals surface area (Å²) in [7, 11) is 2.77. The number of carboxylic acid groups (broad SMARTS) is 1. The largest absolute Gasteiger partial charge is 0.493 e. The maximum absolute atomic E-state index is 12.1. The van der Waals surface area contributed by atoms with E-state index < -0.39 is 23.9 Å². The molecule has 0 saturated carbocycles. The van der Waals surface area contributed by atoms with Crippen LogP contribution in [0.25, 0.3) is 0 Å². The lowest BCUT2D eigenvalue weighted by Crippen LogP contribution is -2.39. The van der Waals surface area contributed by atoms with Gasteiger partial charge in [-0.2, -0.15) is 0 Å². The zero-order valence-electron chi connectivity index (χ0n) is 13.0. The summed E-state index contributed by atoms with van der Waals surface area (Å²) in [5.74, 6) is -2.70. The number of aliphatic carboxylic acids is 1. The van der Waals surface area contributed by atoms with Gasteiger partial charge >= 0.3 is 11.9 Å². The van der Waals surface area contributed by atoms with Crippen LogP contribution >= 0.6 is 0 Å². The number of carbonyl (C=O) groups excluding carboxylic acids is 2. The van der Waals surface area contributed by atoms with E-state index in [1.807, 2.05) is 0 Å². The number of methoxy groups -OCH3 is 2. The SMILES string of the molecule is COCCC(=O)Oc1c(OC)ccnc1C(=O)NC(C)C(=O)O. The van der Waals surface area contributed by atoms with Gasteiger partial charge < -0.3 is 24.6 Å². The average molecular weight is 326 g/mol. The maximum atomic E-state index is 12.1. The van der Waals surface area contributed by atoms with Gasteiger partial charge in [0.25, 0.3) is 5.91 Å². The van der Waals surface area contributed by atoms with Crippen molar-refractivity contribution >= 4 is 17.8 Å². The second-order valence-electron chi connectivity index (χ2n) is 4.44. The number of aromatic nitrogens is 1. The smallest absolute Gasteiger partial charge is 0.325 e. The fourth-order valence-corrected chi connectivity index (χ4v) is 1.53. The lowest BCUT2D eigenvalue weighted by molar-refractivity contribution is -0.139. The van der Waals surface area contributed by atoms with Crippen LogP contribution in [0.1, 0.15) is 23.8 Å². The Morgan fingerprint density at radius 1 is 1.35 bits per heavy atom. The monoisotopic (exact) mass is 326 g/mol. The molecular formula is C14H18N2O7. The van der Waals surface area contributed by atoms with E-state index in [1.165, 1.54) is 33.4 Å². The number of nitrogens with zero attached hydrogens (tertiary/aromatic N) is 1. The highest BCUT2D eigenvalue weighted by Crippen LogP contribution is 2.29. The van der Waals surface area contributed by atoms with Crippen molar-refractivity contribution in [2.45, 2.75) is 19.4 Å². The Morgan fingerprint density at radius 2 is 2.04 bits per heavy atom. The number of pyridine rings is 1. The van der Waals surface area contributed by atoms with Crippen molar-refractivity contribution in [3.63, 3.8) is 0 Å². The molecule has 1 atom stereocenters. The van der Waals surface area contributed by atoms with E-state index in [0.717, 1.165) is 0 Å². The minimum absolute atomic E-state index is 0.0267. The zero-order chi connectivity index (χ0) is 17.4. The molecule has 0 aliphatic heterocycles. The van der Waals surface area contributed by atoms with Gasteiger partial charge in [0.05, 0.1) is 20.1 Å². The van der Waals surface area contributed by atoms with Crippen molar-refractivity contribution < 1.29 is 33.7 Å². The van der Waals surface area contributed by atoms with Gasteiger partial charge in [-0.3, -0.25) is 14.4 Å². The standard InChI is InChI=1S/C14H18N2O7/c1-8(14(19)20)16-13(18)11-12(9(22-3)4-6-15-11)23-10(17)5-7-21-2/h4,6,8H,5,7H2,1-3H3,(H,16,18)(H,19,20). The summed E-state index contributed by atoms with van der Waals surface area (Å²) in [6.45, 7) is 1.45. The molecule has 0 fully saturated rings. The molecule has 1 rings (SSSR count). The Labute approximate surface area is 132 Å². The summed E-state index contributed by atoms with van der Waals surface area (Å²) >= 11 is 0. The van der Waals surface area contributed by atoms with Crippen LogP contribution in [-0.2, 0) is 14.3 Å². The number of ether oxygens (including phenoxy) is 3. The lowest BCUT2D eigenvalue weighted by Gasteiger charge is -2.14.